The van der Waals surface area contributed by atoms with E-state index >= 15 is 0 Å². The number of ether oxygens (including phenoxy) is 1. The van der Waals surface area contributed by atoms with Gasteiger partial charge in [-0.3, -0.25) is 9.78 Å². The van der Waals surface area contributed by atoms with Crippen LogP contribution in [-0.4, -0.2) is 56.8 Å². The zero-order valence-electron chi connectivity index (χ0n) is 19.2. The Morgan fingerprint density at radius 3 is 2.44 bits per heavy atom. The van der Waals surface area contributed by atoms with Gasteiger partial charge in [0.25, 0.3) is 0 Å². The molecule has 1 aliphatic heterocycles. The van der Waals surface area contributed by atoms with Gasteiger partial charge in [0, 0.05) is 24.7 Å². The fourth-order valence-electron chi connectivity index (χ4n) is 4.13. The molecule has 1 saturated heterocycles. The molecule has 3 aromatic rings. The van der Waals surface area contributed by atoms with Gasteiger partial charge in [0.05, 0.1) is 30.0 Å². The van der Waals surface area contributed by atoms with E-state index in [1.165, 1.54) is 19.2 Å². The highest BCUT2D eigenvalue weighted by Gasteiger charge is 2.41. The Kier molecular flexibility index (Phi) is 7.30. The summed E-state index contributed by atoms with van der Waals surface area (Å²) in [7, 11) is 1.34. The van der Waals surface area contributed by atoms with Crippen molar-refractivity contribution in [3.05, 3.63) is 77.3 Å². The fourth-order valence-corrected chi connectivity index (χ4v) is 4.47. The summed E-state index contributed by atoms with van der Waals surface area (Å²) >= 11 is 5.59. The van der Waals surface area contributed by atoms with Crippen LogP contribution in [0.1, 0.15) is 57.1 Å². The highest BCUT2D eigenvalue weighted by Crippen LogP contribution is 2.40. The van der Waals surface area contributed by atoms with Gasteiger partial charge in [-0.25, -0.2) is 9.59 Å². The van der Waals surface area contributed by atoms with Crippen molar-refractivity contribution < 1.29 is 33.8 Å². The van der Waals surface area contributed by atoms with E-state index in [1.54, 1.807) is 24.4 Å². The Bertz CT molecular complexity index is 1280. The molecule has 0 radical (unpaired) electrons. The molecule has 1 fully saturated rings. The molecular weight excluding hydrogens is 486 g/mol. The number of esters is 1. The lowest BCUT2D eigenvalue weighted by molar-refractivity contribution is -0.140. The normalized spacial score (nSPS) is 17.0. The second kappa shape index (κ2) is 10.6. The Morgan fingerprint density at radius 2 is 1.83 bits per heavy atom. The monoisotopic (exact) mass is 509 g/mol. The number of carboxylic acids is 2. The third-order valence-electron chi connectivity index (χ3n) is 5.84. The number of pyridine rings is 1. The number of carboxylic acid groups (broad SMARTS) is 2. The molecule has 10 nitrogen and oxygen atoms in total. The van der Waals surface area contributed by atoms with Crippen LogP contribution in [0.3, 0.4) is 0 Å². The molecule has 36 heavy (non-hydrogen) atoms. The van der Waals surface area contributed by atoms with E-state index in [1.807, 2.05) is 17.0 Å². The number of nitrogens with one attached hydrogen (secondary N) is 1. The molecule has 2 aromatic heterocycles. The molecule has 4 rings (SSSR count). The number of carbonyl (C=O) groups excluding carboxylic acids is 1. The summed E-state index contributed by atoms with van der Waals surface area (Å²) in [5.41, 5.74) is 0.725. The third kappa shape index (κ3) is 5.20. The van der Waals surface area contributed by atoms with E-state index in [0.717, 1.165) is 11.8 Å². The van der Waals surface area contributed by atoms with E-state index < -0.39 is 18.0 Å². The largest absolute Gasteiger partial charge is 0.478 e. The van der Waals surface area contributed by atoms with Gasteiger partial charge in [0.15, 0.2) is 5.11 Å². The summed E-state index contributed by atoms with van der Waals surface area (Å²) in [6, 6.07) is 12.0. The molecule has 3 N–H and O–H groups in total. The number of benzene rings is 1. The number of carbonyl (C=O) groups is 3. The van der Waals surface area contributed by atoms with Crippen LogP contribution in [0.2, 0.25) is 0 Å². The number of aromatic nitrogens is 1. The first-order valence-electron chi connectivity index (χ1n) is 11.0. The average molecular weight is 510 g/mol. The molecule has 186 valence electrons. The van der Waals surface area contributed by atoms with Gasteiger partial charge in [0.1, 0.15) is 17.6 Å². The summed E-state index contributed by atoms with van der Waals surface area (Å²) in [4.78, 5) is 41.0. The van der Waals surface area contributed by atoms with Gasteiger partial charge < -0.3 is 29.6 Å². The average Bonchev–Trinajstić information content (AvgIpc) is 3.49. The second-order valence-corrected chi connectivity index (χ2v) is 8.50. The highest BCUT2D eigenvalue weighted by molar-refractivity contribution is 7.80. The minimum absolute atomic E-state index is 0.164. The molecular formula is C25H23N3O7S. The molecule has 0 bridgehead atoms. The Morgan fingerprint density at radius 1 is 1.11 bits per heavy atom. The van der Waals surface area contributed by atoms with E-state index in [9.17, 15) is 24.6 Å². The molecule has 11 heteroatoms. The predicted octanol–water partition coefficient (Wildman–Crippen LogP) is 3.66. The van der Waals surface area contributed by atoms with Crippen molar-refractivity contribution in [2.24, 2.45) is 0 Å². The van der Waals surface area contributed by atoms with Crippen LogP contribution in [0.4, 0.5) is 0 Å². The maximum atomic E-state index is 11.6. The van der Waals surface area contributed by atoms with E-state index in [2.05, 4.69) is 10.3 Å². The summed E-state index contributed by atoms with van der Waals surface area (Å²) in [5.74, 6) is -1.99. The van der Waals surface area contributed by atoms with Gasteiger partial charge in [-0.1, -0.05) is 6.07 Å². The Labute approximate surface area is 211 Å². The number of thiocarbonyl (C=S) groups is 1. The van der Waals surface area contributed by atoms with Crippen LogP contribution >= 0.6 is 12.2 Å². The smallest absolute Gasteiger partial charge is 0.335 e. The van der Waals surface area contributed by atoms with Gasteiger partial charge in [-0.2, -0.15) is 0 Å². The van der Waals surface area contributed by atoms with Crippen molar-refractivity contribution in [3.8, 4) is 11.3 Å². The molecule has 1 aromatic carbocycles. The van der Waals surface area contributed by atoms with Crippen molar-refractivity contribution in [1.29, 1.82) is 0 Å². The molecule has 2 atom stereocenters. The maximum Gasteiger partial charge on any atom is 0.335 e. The minimum atomic E-state index is -1.25. The fraction of sp³-hybridized carbons (Fsp3) is 0.240. The zero-order chi connectivity index (χ0) is 25.8. The Balaban J connectivity index is 1.71. The third-order valence-corrected chi connectivity index (χ3v) is 6.19. The summed E-state index contributed by atoms with van der Waals surface area (Å²) in [5, 5.41) is 22.6. The lowest BCUT2D eigenvalue weighted by atomic mass is 10.0. The number of hydrogen-bond acceptors (Lipinski definition) is 7. The quantitative estimate of drug-likeness (QED) is 0.287. The molecule has 0 aliphatic carbocycles. The van der Waals surface area contributed by atoms with Crippen LogP contribution in [0.5, 0.6) is 0 Å². The van der Waals surface area contributed by atoms with E-state index in [4.69, 9.17) is 21.4 Å². The van der Waals surface area contributed by atoms with Crippen molar-refractivity contribution >= 4 is 35.2 Å². The SMILES string of the molecule is COC(=O)CCCN1C(=S)N[C@H](c2ccccn2)[C@H]1c1ccc(-c2cc(C(=O)O)cc(C(=O)O)c2)o1. The lowest BCUT2D eigenvalue weighted by Crippen LogP contribution is -2.30. The van der Waals surface area contributed by atoms with Gasteiger partial charge >= 0.3 is 17.9 Å². The first kappa shape index (κ1) is 24.9. The minimum Gasteiger partial charge on any atom is -0.478 e. The van der Waals surface area contributed by atoms with Gasteiger partial charge in [0.2, 0.25) is 0 Å². The van der Waals surface area contributed by atoms with Crippen LogP contribution < -0.4 is 5.32 Å². The lowest BCUT2D eigenvalue weighted by Gasteiger charge is -2.25. The van der Waals surface area contributed by atoms with E-state index in [-0.39, 0.29) is 29.6 Å². The van der Waals surface area contributed by atoms with Gasteiger partial charge in [-0.15, -0.1) is 0 Å². The highest BCUT2D eigenvalue weighted by atomic mass is 32.1. The molecule has 3 heterocycles. The topological polar surface area (TPSA) is 142 Å². The predicted molar refractivity (Wildman–Crippen MR) is 131 cm³/mol. The van der Waals surface area contributed by atoms with Crippen molar-refractivity contribution in [2.75, 3.05) is 13.7 Å². The Hall–Kier alpha value is -4.25. The zero-order valence-corrected chi connectivity index (χ0v) is 20.0. The molecule has 0 unspecified atom stereocenters. The summed E-state index contributed by atoms with van der Waals surface area (Å²) < 4.78 is 10.9. The maximum absolute atomic E-state index is 11.6. The van der Waals surface area contributed by atoms with Crippen molar-refractivity contribution in [3.63, 3.8) is 0 Å². The summed E-state index contributed by atoms with van der Waals surface area (Å²) in [6.07, 6.45) is 2.39. The van der Waals surface area contributed by atoms with Crippen LogP contribution in [0, 0.1) is 0 Å². The molecule has 0 spiro atoms. The molecule has 1 aliphatic rings. The van der Waals surface area contributed by atoms with Gasteiger partial charge in [-0.05, 0) is 61.1 Å². The molecule has 0 amide bonds. The number of nitrogens with zero attached hydrogens (tertiary/aromatic N) is 2. The van der Waals surface area contributed by atoms with Crippen molar-refractivity contribution in [1.82, 2.24) is 15.2 Å². The second-order valence-electron chi connectivity index (χ2n) is 8.11. The summed E-state index contributed by atoms with van der Waals surface area (Å²) in [6.45, 7) is 0.447. The number of methoxy groups -OCH3 is 1. The first-order valence-corrected chi connectivity index (χ1v) is 11.5. The van der Waals surface area contributed by atoms with Crippen LogP contribution in [-0.2, 0) is 9.53 Å². The number of hydrogen-bond donors (Lipinski definition) is 3. The molecule has 0 saturated carbocycles. The standard InChI is InChI=1S/C25H23N3O7S/c1-34-20(29)6-4-10-28-22(21(27-25(28)36)17-5-2-3-9-26-17)19-8-7-18(35-19)14-11-15(23(30)31)13-16(12-14)24(32)33/h2-3,5,7-9,11-13,21-22H,4,6,10H2,1H3,(H,27,36)(H,30,31)(H,32,33)/t21-,22-/m1/s1. The van der Waals surface area contributed by atoms with E-state index in [0.29, 0.717) is 35.2 Å². The number of furan rings is 1. The van der Waals surface area contributed by atoms with Crippen LogP contribution in [0.25, 0.3) is 11.3 Å². The first-order chi connectivity index (χ1) is 17.3. The van der Waals surface area contributed by atoms with Crippen molar-refractivity contribution in [2.45, 2.75) is 24.9 Å². The number of aromatic carboxylic acids is 2. The van der Waals surface area contributed by atoms with Crippen LogP contribution in [0.15, 0.2) is 59.1 Å². The number of rotatable bonds is 9.